The molecule has 2 fully saturated rings. The lowest BCUT2D eigenvalue weighted by molar-refractivity contribution is 0.142. The largest absolute Gasteiger partial charge is 0.465 e. The van der Waals surface area contributed by atoms with Crippen LogP contribution in [0.1, 0.15) is 25.0 Å². The van der Waals surface area contributed by atoms with E-state index >= 15 is 0 Å². The van der Waals surface area contributed by atoms with Gasteiger partial charge >= 0.3 is 6.09 Å². The first-order valence-corrected chi connectivity index (χ1v) is 11.3. The molecule has 10 nitrogen and oxygen atoms in total. The zero-order valence-corrected chi connectivity index (χ0v) is 18.6. The van der Waals surface area contributed by atoms with Crippen molar-refractivity contribution in [1.82, 2.24) is 30.0 Å². The molecule has 2 aliphatic rings. The fourth-order valence-corrected chi connectivity index (χ4v) is 4.43. The Labute approximate surface area is 195 Å². The number of hydrogen-bond donors (Lipinski definition) is 2. The topological polar surface area (TPSA) is 120 Å². The molecular formula is C23H25FN8O2. The van der Waals surface area contributed by atoms with Crippen molar-refractivity contribution in [2.45, 2.75) is 24.7 Å². The van der Waals surface area contributed by atoms with E-state index < -0.39 is 6.09 Å². The molecule has 5 rings (SSSR count). The van der Waals surface area contributed by atoms with Gasteiger partial charge in [0.25, 0.3) is 0 Å². The first-order valence-electron chi connectivity index (χ1n) is 11.3. The molecule has 4 heterocycles. The number of carboxylic acid groups (broad SMARTS) is 1. The Balaban J connectivity index is 1.21. The number of nitrogens with zero attached hydrogens (tertiary/aromatic N) is 7. The van der Waals surface area contributed by atoms with E-state index in [0.29, 0.717) is 55.9 Å². The lowest BCUT2D eigenvalue weighted by atomic mass is 9.66. The van der Waals surface area contributed by atoms with Crippen molar-refractivity contribution in [1.29, 1.82) is 0 Å². The first-order chi connectivity index (χ1) is 16.5. The Hall–Kier alpha value is -3.89. The summed E-state index contributed by atoms with van der Waals surface area (Å²) in [6.07, 6.45) is 6.93. The van der Waals surface area contributed by atoms with Gasteiger partial charge in [-0.1, -0.05) is 6.42 Å². The molecule has 34 heavy (non-hydrogen) atoms. The second-order valence-corrected chi connectivity index (χ2v) is 8.65. The van der Waals surface area contributed by atoms with Gasteiger partial charge in [0.15, 0.2) is 0 Å². The minimum atomic E-state index is -0.904. The van der Waals surface area contributed by atoms with Gasteiger partial charge in [-0.25, -0.2) is 19.2 Å². The Morgan fingerprint density at radius 1 is 1.06 bits per heavy atom. The highest BCUT2D eigenvalue weighted by Gasteiger charge is 2.41. The van der Waals surface area contributed by atoms with Gasteiger partial charge in [-0.3, -0.25) is 4.98 Å². The van der Waals surface area contributed by atoms with Crippen LogP contribution < -0.4 is 10.2 Å². The zero-order valence-electron chi connectivity index (χ0n) is 18.6. The predicted molar refractivity (Wildman–Crippen MR) is 123 cm³/mol. The number of aromatic nitrogens is 5. The molecule has 2 N–H and O–H groups in total. The zero-order chi connectivity index (χ0) is 23.5. The maximum absolute atomic E-state index is 14.3. The van der Waals surface area contributed by atoms with Crippen LogP contribution in [0.5, 0.6) is 0 Å². The lowest BCUT2D eigenvalue weighted by Gasteiger charge is -2.41. The van der Waals surface area contributed by atoms with Crippen molar-refractivity contribution in [2.24, 2.45) is 0 Å². The molecule has 11 heteroatoms. The van der Waals surface area contributed by atoms with Crippen LogP contribution in [0.3, 0.4) is 0 Å². The molecule has 1 saturated heterocycles. The van der Waals surface area contributed by atoms with Gasteiger partial charge < -0.3 is 20.2 Å². The number of amides is 1. The average Bonchev–Trinajstić information content (AvgIpc) is 2.85. The van der Waals surface area contributed by atoms with Crippen LogP contribution >= 0.6 is 0 Å². The number of piperazine rings is 1. The molecule has 0 radical (unpaired) electrons. The van der Waals surface area contributed by atoms with E-state index in [1.54, 1.807) is 24.7 Å². The van der Waals surface area contributed by atoms with Gasteiger partial charge in [0.2, 0.25) is 5.95 Å². The van der Waals surface area contributed by atoms with E-state index in [1.165, 1.54) is 11.0 Å². The fraction of sp³-hybridized carbons (Fsp3) is 0.391. The number of hydrogen-bond acceptors (Lipinski definition) is 8. The Kier molecular flexibility index (Phi) is 5.91. The lowest BCUT2D eigenvalue weighted by Crippen LogP contribution is -2.48. The highest BCUT2D eigenvalue weighted by molar-refractivity contribution is 5.65. The number of pyridine rings is 1. The van der Waals surface area contributed by atoms with Gasteiger partial charge in [-0.05, 0) is 37.1 Å². The van der Waals surface area contributed by atoms with Crippen molar-refractivity contribution in [3.8, 4) is 11.3 Å². The Bertz CT molecular complexity index is 1150. The quantitative estimate of drug-likeness (QED) is 0.567. The van der Waals surface area contributed by atoms with Crippen molar-refractivity contribution < 1.29 is 14.3 Å². The predicted octanol–water partition coefficient (Wildman–Crippen LogP) is 2.80. The standard InChI is InChI=1S/C23H25FN8O2/c24-17-3-1-8-25-20(17)23(6-2-7-23)15-28-19-5-4-18(29-30-19)16-13-26-21(27-14-16)31-9-11-32(12-10-31)22(33)34/h1,3-5,8,13-14H,2,6-7,9-12,15H2,(H,28,30)(H,33,34). The van der Waals surface area contributed by atoms with Crippen molar-refractivity contribution in [3.05, 3.63) is 54.4 Å². The molecule has 176 valence electrons. The second-order valence-electron chi connectivity index (χ2n) is 8.65. The van der Waals surface area contributed by atoms with Crippen LogP contribution in [0, 0.1) is 5.82 Å². The number of nitrogens with one attached hydrogen (secondary N) is 1. The van der Waals surface area contributed by atoms with Crippen LogP contribution in [0.15, 0.2) is 42.9 Å². The molecular weight excluding hydrogens is 439 g/mol. The van der Waals surface area contributed by atoms with Crippen molar-refractivity contribution in [2.75, 3.05) is 42.9 Å². The molecule has 3 aromatic heterocycles. The minimum absolute atomic E-state index is 0.266. The molecule has 1 saturated carbocycles. The molecule has 0 aromatic carbocycles. The van der Waals surface area contributed by atoms with Gasteiger partial charge in [0, 0.05) is 62.3 Å². The number of halogens is 1. The SMILES string of the molecule is O=C(O)N1CCN(c2ncc(-c3ccc(NCC4(c5ncccc5F)CCC4)nn3)cn2)CC1. The van der Waals surface area contributed by atoms with E-state index in [2.05, 4.69) is 30.5 Å². The summed E-state index contributed by atoms with van der Waals surface area (Å²) in [5.74, 6) is 0.908. The maximum Gasteiger partial charge on any atom is 0.407 e. The minimum Gasteiger partial charge on any atom is -0.465 e. The summed E-state index contributed by atoms with van der Waals surface area (Å²) in [6.45, 7) is 2.50. The molecule has 1 aliphatic carbocycles. The third-order valence-corrected chi connectivity index (χ3v) is 6.61. The molecule has 0 unspecified atom stereocenters. The van der Waals surface area contributed by atoms with Crippen LogP contribution in [0.2, 0.25) is 0 Å². The van der Waals surface area contributed by atoms with Crippen LogP contribution in [0.4, 0.5) is 21.0 Å². The smallest absolute Gasteiger partial charge is 0.407 e. The number of rotatable bonds is 6. The van der Waals surface area contributed by atoms with Crippen LogP contribution in [-0.2, 0) is 5.41 Å². The third-order valence-electron chi connectivity index (χ3n) is 6.61. The molecule has 1 amide bonds. The van der Waals surface area contributed by atoms with E-state index in [9.17, 15) is 9.18 Å². The first kappa shape index (κ1) is 21.9. The summed E-state index contributed by atoms with van der Waals surface area (Å²) in [4.78, 5) is 27.5. The highest BCUT2D eigenvalue weighted by Crippen LogP contribution is 2.43. The normalized spacial score (nSPS) is 17.2. The summed E-state index contributed by atoms with van der Waals surface area (Å²) in [5.41, 5.74) is 1.57. The van der Waals surface area contributed by atoms with Crippen LogP contribution in [-0.4, -0.2) is 74.0 Å². The summed E-state index contributed by atoms with van der Waals surface area (Å²) in [6, 6.07) is 6.75. The fourth-order valence-electron chi connectivity index (χ4n) is 4.43. The third kappa shape index (κ3) is 4.33. The molecule has 0 spiro atoms. The summed E-state index contributed by atoms with van der Waals surface area (Å²) < 4.78 is 14.3. The van der Waals surface area contributed by atoms with Crippen molar-refractivity contribution >= 4 is 17.9 Å². The van der Waals surface area contributed by atoms with E-state index in [0.717, 1.165) is 24.8 Å². The van der Waals surface area contributed by atoms with Gasteiger partial charge in [0.1, 0.15) is 11.6 Å². The van der Waals surface area contributed by atoms with Gasteiger partial charge in [0.05, 0.1) is 11.4 Å². The molecule has 0 bridgehead atoms. The highest BCUT2D eigenvalue weighted by atomic mass is 19.1. The second kappa shape index (κ2) is 9.16. The van der Waals surface area contributed by atoms with Gasteiger partial charge in [-0.15, -0.1) is 10.2 Å². The average molecular weight is 465 g/mol. The molecule has 1 aliphatic heterocycles. The van der Waals surface area contributed by atoms with E-state index in [4.69, 9.17) is 5.11 Å². The van der Waals surface area contributed by atoms with Crippen LogP contribution in [0.25, 0.3) is 11.3 Å². The number of carbonyl (C=O) groups is 1. The Morgan fingerprint density at radius 2 is 1.82 bits per heavy atom. The monoisotopic (exact) mass is 464 g/mol. The van der Waals surface area contributed by atoms with Gasteiger partial charge in [-0.2, -0.15) is 0 Å². The molecule has 3 aromatic rings. The van der Waals surface area contributed by atoms with E-state index in [1.807, 2.05) is 17.0 Å². The summed E-state index contributed by atoms with van der Waals surface area (Å²) in [5, 5.41) is 20.9. The van der Waals surface area contributed by atoms with E-state index in [-0.39, 0.29) is 11.2 Å². The van der Waals surface area contributed by atoms with Crippen molar-refractivity contribution in [3.63, 3.8) is 0 Å². The maximum atomic E-state index is 14.3. The number of anilines is 2. The Morgan fingerprint density at radius 3 is 2.41 bits per heavy atom. The summed E-state index contributed by atoms with van der Waals surface area (Å²) >= 11 is 0. The summed E-state index contributed by atoms with van der Waals surface area (Å²) in [7, 11) is 0. The molecule has 0 atom stereocenters.